The molecule has 0 radical (unpaired) electrons. The maximum absolute atomic E-state index is 9.04. The largest absolute Gasteiger partial charge is 0.354 e. The van der Waals surface area contributed by atoms with E-state index in [2.05, 4.69) is 30.4 Å². The summed E-state index contributed by atoms with van der Waals surface area (Å²) in [4.78, 5) is 0. The predicted octanol–water partition coefficient (Wildman–Crippen LogP) is 4.52. The van der Waals surface area contributed by atoms with Gasteiger partial charge in [0.15, 0.2) is 0 Å². The molecule has 0 aromatic heterocycles. The number of halogens is 1. The Balaban J connectivity index is 2.27. The fourth-order valence-corrected chi connectivity index (χ4v) is 1.87. The summed E-state index contributed by atoms with van der Waals surface area (Å²) in [6.07, 6.45) is 1.01. The van der Waals surface area contributed by atoms with Gasteiger partial charge in [-0.25, -0.2) is 0 Å². The molecule has 0 saturated heterocycles. The third-order valence-electron chi connectivity index (χ3n) is 2.74. The Morgan fingerprint density at radius 2 is 1.89 bits per heavy atom. The van der Waals surface area contributed by atoms with Crippen LogP contribution in [0, 0.1) is 11.3 Å². The molecule has 0 bridgehead atoms. The van der Waals surface area contributed by atoms with Crippen LogP contribution in [0.15, 0.2) is 42.5 Å². The van der Waals surface area contributed by atoms with E-state index in [0.29, 0.717) is 10.6 Å². The average Bonchev–Trinajstić information content (AvgIpc) is 2.40. The van der Waals surface area contributed by atoms with E-state index in [0.717, 1.165) is 17.8 Å². The van der Waals surface area contributed by atoms with E-state index in [1.165, 1.54) is 5.56 Å². The minimum absolute atomic E-state index is 0.582. The molecule has 0 atom stereocenters. The standard InChI is InChI=1S/C15H13ClN2/c1-2-11-3-7-14(8-4-11)18-15-9-13(16)6-5-12(15)10-17/h3-9,18H,2H2,1H3. The fraction of sp³-hybridized carbons (Fsp3) is 0.133. The number of aryl methyl sites for hydroxylation is 1. The number of rotatable bonds is 3. The fourth-order valence-electron chi connectivity index (χ4n) is 1.70. The summed E-state index contributed by atoms with van der Waals surface area (Å²) in [6, 6.07) is 15.5. The highest BCUT2D eigenvalue weighted by Crippen LogP contribution is 2.24. The van der Waals surface area contributed by atoms with Gasteiger partial charge in [0, 0.05) is 10.7 Å². The van der Waals surface area contributed by atoms with Crippen LogP contribution in [0.25, 0.3) is 0 Å². The topological polar surface area (TPSA) is 35.8 Å². The molecule has 0 fully saturated rings. The Bertz CT molecular complexity index is 582. The molecule has 0 aliphatic carbocycles. The first-order valence-electron chi connectivity index (χ1n) is 5.78. The second-order valence-corrected chi connectivity index (χ2v) is 4.41. The molecule has 2 aromatic rings. The first-order valence-corrected chi connectivity index (χ1v) is 6.16. The summed E-state index contributed by atoms with van der Waals surface area (Å²) >= 11 is 5.94. The first kappa shape index (κ1) is 12.5. The third-order valence-corrected chi connectivity index (χ3v) is 2.98. The SMILES string of the molecule is CCc1ccc(Nc2cc(Cl)ccc2C#N)cc1. The van der Waals surface area contributed by atoms with Gasteiger partial charge in [-0.1, -0.05) is 30.7 Å². The molecular weight excluding hydrogens is 244 g/mol. The van der Waals surface area contributed by atoms with E-state index >= 15 is 0 Å². The molecule has 3 heteroatoms. The molecule has 0 amide bonds. The van der Waals surface area contributed by atoms with E-state index in [-0.39, 0.29) is 0 Å². The Labute approximate surface area is 112 Å². The summed E-state index contributed by atoms with van der Waals surface area (Å²) < 4.78 is 0. The first-order chi connectivity index (χ1) is 8.72. The van der Waals surface area contributed by atoms with Gasteiger partial charge in [0.05, 0.1) is 11.3 Å². The highest BCUT2D eigenvalue weighted by molar-refractivity contribution is 6.30. The van der Waals surface area contributed by atoms with Crippen LogP contribution in [-0.4, -0.2) is 0 Å². The Hall–Kier alpha value is -1.98. The molecule has 0 aliphatic rings. The van der Waals surface area contributed by atoms with Gasteiger partial charge in [-0.3, -0.25) is 0 Å². The highest BCUT2D eigenvalue weighted by atomic mass is 35.5. The van der Waals surface area contributed by atoms with Gasteiger partial charge in [0.25, 0.3) is 0 Å². The zero-order valence-electron chi connectivity index (χ0n) is 10.1. The van der Waals surface area contributed by atoms with Gasteiger partial charge in [-0.2, -0.15) is 5.26 Å². The van der Waals surface area contributed by atoms with Gasteiger partial charge < -0.3 is 5.32 Å². The van der Waals surface area contributed by atoms with Crippen LogP contribution in [0.4, 0.5) is 11.4 Å². The maximum atomic E-state index is 9.04. The van der Waals surface area contributed by atoms with Crippen LogP contribution in [0.1, 0.15) is 18.1 Å². The number of benzene rings is 2. The summed E-state index contributed by atoms with van der Waals surface area (Å²) in [6.45, 7) is 2.12. The van der Waals surface area contributed by atoms with E-state index < -0.39 is 0 Å². The number of hydrogen-bond acceptors (Lipinski definition) is 2. The molecule has 0 saturated carbocycles. The summed E-state index contributed by atoms with van der Waals surface area (Å²) in [5, 5.41) is 12.9. The number of anilines is 2. The average molecular weight is 257 g/mol. The molecule has 2 rings (SSSR count). The lowest BCUT2D eigenvalue weighted by Gasteiger charge is -2.09. The number of nitriles is 1. The second-order valence-electron chi connectivity index (χ2n) is 3.98. The lowest BCUT2D eigenvalue weighted by Crippen LogP contribution is -1.94. The Morgan fingerprint density at radius 3 is 2.50 bits per heavy atom. The normalized spacial score (nSPS) is 9.83. The Kier molecular flexibility index (Phi) is 3.86. The van der Waals surface area contributed by atoms with Crippen molar-refractivity contribution in [2.45, 2.75) is 13.3 Å². The number of nitrogens with zero attached hydrogens (tertiary/aromatic N) is 1. The van der Waals surface area contributed by atoms with Gasteiger partial charge >= 0.3 is 0 Å². The van der Waals surface area contributed by atoms with E-state index in [1.807, 2.05) is 12.1 Å². The Morgan fingerprint density at radius 1 is 1.17 bits per heavy atom. The summed E-state index contributed by atoms with van der Waals surface area (Å²) in [5.74, 6) is 0. The van der Waals surface area contributed by atoms with Crippen LogP contribution < -0.4 is 5.32 Å². The summed E-state index contributed by atoms with van der Waals surface area (Å²) in [7, 11) is 0. The molecule has 0 heterocycles. The zero-order valence-corrected chi connectivity index (χ0v) is 10.8. The van der Waals surface area contributed by atoms with Crippen molar-refractivity contribution in [1.29, 1.82) is 5.26 Å². The molecular formula is C15H13ClN2. The molecule has 1 N–H and O–H groups in total. The molecule has 0 spiro atoms. The van der Waals surface area contributed by atoms with Gasteiger partial charge in [0.2, 0.25) is 0 Å². The van der Waals surface area contributed by atoms with Crippen LogP contribution in [0.3, 0.4) is 0 Å². The summed E-state index contributed by atoms with van der Waals surface area (Å²) in [5.41, 5.74) is 3.55. The second kappa shape index (κ2) is 5.57. The lowest BCUT2D eigenvalue weighted by molar-refractivity contribution is 1.14. The zero-order chi connectivity index (χ0) is 13.0. The van der Waals surface area contributed by atoms with E-state index in [4.69, 9.17) is 16.9 Å². The molecule has 90 valence electrons. The van der Waals surface area contributed by atoms with Crippen molar-refractivity contribution in [3.63, 3.8) is 0 Å². The van der Waals surface area contributed by atoms with Crippen molar-refractivity contribution >= 4 is 23.0 Å². The van der Waals surface area contributed by atoms with Crippen molar-refractivity contribution in [1.82, 2.24) is 0 Å². The molecule has 2 aromatic carbocycles. The maximum Gasteiger partial charge on any atom is 0.101 e. The minimum Gasteiger partial charge on any atom is -0.354 e. The monoisotopic (exact) mass is 256 g/mol. The number of nitrogens with one attached hydrogen (secondary N) is 1. The molecule has 18 heavy (non-hydrogen) atoms. The van der Waals surface area contributed by atoms with Crippen LogP contribution >= 0.6 is 11.6 Å². The van der Waals surface area contributed by atoms with Crippen molar-refractivity contribution in [2.24, 2.45) is 0 Å². The van der Waals surface area contributed by atoms with Gasteiger partial charge in [-0.05, 0) is 42.3 Å². The van der Waals surface area contributed by atoms with Crippen LogP contribution in [0.2, 0.25) is 5.02 Å². The van der Waals surface area contributed by atoms with Crippen LogP contribution in [-0.2, 0) is 6.42 Å². The van der Waals surface area contributed by atoms with Crippen molar-refractivity contribution in [3.8, 4) is 6.07 Å². The van der Waals surface area contributed by atoms with Crippen molar-refractivity contribution in [2.75, 3.05) is 5.32 Å². The quantitative estimate of drug-likeness (QED) is 0.877. The van der Waals surface area contributed by atoms with Crippen molar-refractivity contribution < 1.29 is 0 Å². The van der Waals surface area contributed by atoms with E-state index in [1.54, 1.807) is 18.2 Å². The smallest absolute Gasteiger partial charge is 0.101 e. The van der Waals surface area contributed by atoms with Gasteiger partial charge in [0.1, 0.15) is 6.07 Å². The highest BCUT2D eigenvalue weighted by Gasteiger charge is 2.03. The minimum atomic E-state index is 0.582. The lowest BCUT2D eigenvalue weighted by atomic mass is 10.1. The van der Waals surface area contributed by atoms with Crippen LogP contribution in [0.5, 0.6) is 0 Å². The number of hydrogen-bond donors (Lipinski definition) is 1. The molecule has 0 unspecified atom stereocenters. The van der Waals surface area contributed by atoms with E-state index in [9.17, 15) is 0 Å². The molecule has 2 nitrogen and oxygen atoms in total. The third kappa shape index (κ3) is 2.82. The molecule has 0 aliphatic heterocycles. The van der Waals surface area contributed by atoms with Crippen molar-refractivity contribution in [3.05, 3.63) is 58.6 Å². The predicted molar refractivity (Wildman–Crippen MR) is 75.3 cm³/mol. The van der Waals surface area contributed by atoms with Gasteiger partial charge in [-0.15, -0.1) is 0 Å².